The molecule has 0 fully saturated rings. The minimum absolute atomic E-state index is 0.265. The summed E-state index contributed by atoms with van der Waals surface area (Å²) in [5.41, 5.74) is -2.20. The summed E-state index contributed by atoms with van der Waals surface area (Å²) < 4.78 is 15.6. The fraction of sp³-hybridized carbons (Fsp3) is 0.824. The fourth-order valence-electron chi connectivity index (χ4n) is 1.51. The van der Waals surface area contributed by atoms with Crippen LogP contribution in [0.1, 0.15) is 62.3 Å². The highest BCUT2D eigenvalue weighted by atomic mass is 16.6. The summed E-state index contributed by atoms with van der Waals surface area (Å²) in [6, 6.07) is 0. The third-order valence-electron chi connectivity index (χ3n) is 2.23. The van der Waals surface area contributed by atoms with Crippen LogP contribution in [0.25, 0.3) is 0 Å². The topological polar surface area (TPSA) is 90.9 Å². The van der Waals surface area contributed by atoms with E-state index in [9.17, 15) is 14.4 Å². The van der Waals surface area contributed by atoms with Crippen LogP contribution in [0.3, 0.4) is 0 Å². The van der Waals surface area contributed by atoms with Crippen LogP contribution in [0.4, 0.5) is 4.79 Å². The van der Waals surface area contributed by atoms with Gasteiger partial charge in [0.1, 0.15) is 16.8 Å². The summed E-state index contributed by atoms with van der Waals surface area (Å²) in [7, 11) is 0. The number of alkyl carbamates (subject to hydrolysis) is 1. The number of carbonyl (C=O) groups is 3. The molecule has 0 bridgehead atoms. The molecule has 0 heterocycles. The van der Waals surface area contributed by atoms with Crippen molar-refractivity contribution in [1.29, 1.82) is 0 Å². The van der Waals surface area contributed by atoms with E-state index in [2.05, 4.69) is 5.32 Å². The van der Waals surface area contributed by atoms with Crippen molar-refractivity contribution in [3.63, 3.8) is 0 Å². The van der Waals surface area contributed by atoms with Crippen LogP contribution >= 0.6 is 0 Å². The summed E-state index contributed by atoms with van der Waals surface area (Å²) in [6.07, 6.45) is -0.723. The van der Waals surface area contributed by atoms with Gasteiger partial charge in [-0.25, -0.2) is 4.79 Å². The molecule has 7 heteroatoms. The normalized spacial score (nSPS) is 12.6. The van der Waals surface area contributed by atoms with Crippen molar-refractivity contribution in [1.82, 2.24) is 5.32 Å². The van der Waals surface area contributed by atoms with Crippen LogP contribution in [0.2, 0.25) is 0 Å². The Bertz CT molecular complexity index is 437. The van der Waals surface area contributed by atoms with Crippen molar-refractivity contribution in [2.75, 3.05) is 6.54 Å². The molecular weight excluding hydrogens is 314 g/mol. The Morgan fingerprint density at radius 2 is 1.04 bits per heavy atom. The van der Waals surface area contributed by atoms with E-state index in [1.807, 2.05) is 0 Å². The number of amides is 1. The van der Waals surface area contributed by atoms with Crippen molar-refractivity contribution in [2.45, 2.75) is 79.1 Å². The lowest BCUT2D eigenvalue weighted by Crippen LogP contribution is -2.44. The molecule has 0 radical (unpaired) electrons. The first kappa shape index (κ1) is 22.2. The van der Waals surface area contributed by atoms with Gasteiger partial charge in [-0.2, -0.15) is 0 Å². The maximum atomic E-state index is 12.3. The molecule has 0 saturated heterocycles. The molecule has 7 nitrogen and oxygen atoms in total. The summed E-state index contributed by atoms with van der Waals surface area (Å²) in [5.74, 6) is -2.78. The average Bonchev–Trinajstić information content (AvgIpc) is 2.20. The number of rotatable bonds is 4. The fourth-order valence-corrected chi connectivity index (χ4v) is 1.51. The van der Waals surface area contributed by atoms with Crippen LogP contribution in [0.5, 0.6) is 0 Å². The Hall–Kier alpha value is -1.79. The molecule has 140 valence electrons. The van der Waals surface area contributed by atoms with Gasteiger partial charge in [0, 0.05) is 6.54 Å². The van der Waals surface area contributed by atoms with E-state index in [1.54, 1.807) is 62.3 Å². The standard InChI is InChI=1S/C17H31NO6/c1-15(2,3)22-12(19)11(13(20)23-16(4,5)6)10-18-14(21)24-17(7,8)9/h11H,10H2,1-9H3,(H,18,21). The number of hydrogen-bond acceptors (Lipinski definition) is 6. The maximum Gasteiger partial charge on any atom is 0.407 e. The largest absolute Gasteiger partial charge is 0.459 e. The van der Waals surface area contributed by atoms with E-state index in [1.165, 1.54) is 0 Å². The number of esters is 2. The maximum absolute atomic E-state index is 12.3. The van der Waals surface area contributed by atoms with Gasteiger partial charge in [0.25, 0.3) is 0 Å². The smallest absolute Gasteiger partial charge is 0.407 e. The van der Waals surface area contributed by atoms with Crippen LogP contribution in [-0.4, -0.2) is 41.4 Å². The van der Waals surface area contributed by atoms with Gasteiger partial charge >= 0.3 is 18.0 Å². The molecule has 0 spiro atoms. The molecule has 0 aromatic rings. The minimum Gasteiger partial charge on any atom is -0.459 e. The first-order valence-electron chi connectivity index (χ1n) is 7.93. The first-order valence-corrected chi connectivity index (χ1v) is 7.93. The van der Waals surface area contributed by atoms with Gasteiger partial charge in [0.2, 0.25) is 0 Å². The van der Waals surface area contributed by atoms with Crippen LogP contribution in [-0.2, 0) is 23.8 Å². The van der Waals surface area contributed by atoms with E-state index >= 15 is 0 Å². The molecule has 0 aromatic carbocycles. The monoisotopic (exact) mass is 345 g/mol. The second-order valence-corrected chi connectivity index (χ2v) is 8.50. The Balaban J connectivity index is 5.03. The lowest BCUT2D eigenvalue weighted by molar-refractivity contribution is -0.174. The van der Waals surface area contributed by atoms with Gasteiger partial charge in [0.15, 0.2) is 5.92 Å². The highest BCUT2D eigenvalue weighted by Crippen LogP contribution is 2.16. The predicted molar refractivity (Wildman–Crippen MR) is 89.4 cm³/mol. The second kappa shape index (κ2) is 7.85. The van der Waals surface area contributed by atoms with Crippen LogP contribution < -0.4 is 5.32 Å². The number of carbonyl (C=O) groups excluding carboxylic acids is 3. The molecule has 1 amide bonds. The van der Waals surface area contributed by atoms with Gasteiger partial charge < -0.3 is 19.5 Å². The van der Waals surface area contributed by atoms with Gasteiger partial charge in [-0.1, -0.05) is 0 Å². The van der Waals surface area contributed by atoms with Crippen molar-refractivity contribution in [2.24, 2.45) is 5.92 Å². The van der Waals surface area contributed by atoms with E-state index in [4.69, 9.17) is 14.2 Å². The van der Waals surface area contributed by atoms with Crippen molar-refractivity contribution in [3.8, 4) is 0 Å². The molecule has 0 aromatic heterocycles. The molecule has 0 aliphatic carbocycles. The minimum atomic E-state index is -1.27. The summed E-state index contributed by atoms with van der Waals surface area (Å²) in [4.78, 5) is 36.3. The zero-order chi connectivity index (χ0) is 19.3. The van der Waals surface area contributed by atoms with E-state index in [0.29, 0.717) is 0 Å². The summed E-state index contributed by atoms with van der Waals surface area (Å²) in [5, 5.41) is 2.41. The number of ether oxygens (including phenoxy) is 3. The SMILES string of the molecule is CC(C)(C)OC(=O)NCC(C(=O)OC(C)(C)C)C(=O)OC(C)(C)C. The molecular formula is C17H31NO6. The lowest BCUT2D eigenvalue weighted by Gasteiger charge is -2.26. The summed E-state index contributed by atoms with van der Waals surface area (Å²) in [6.45, 7) is 15.0. The average molecular weight is 345 g/mol. The van der Waals surface area contributed by atoms with Crippen molar-refractivity contribution < 1.29 is 28.6 Å². The molecule has 0 aliphatic heterocycles. The molecule has 0 rings (SSSR count). The Kier molecular flexibility index (Phi) is 7.27. The van der Waals surface area contributed by atoms with Crippen molar-refractivity contribution >= 4 is 18.0 Å². The van der Waals surface area contributed by atoms with Gasteiger partial charge in [-0.3, -0.25) is 9.59 Å². The van der Waals surface area contributed by atoms with E-state index in [0.717, 1.165) is 0 Å². The second-order valence-electron chi connectivity index (χ2n) is 8.50. The molecule has 0 aliphatic rings. The molecule has 0 atom stereocenters. The molecule has 24 heavy (non-hydrogen) atoms. The number of hydrogen-bond donors (Lipinski definition) is 1. The zero-order valence-electron chi connectivity index (χ0n) is 16.2. The Morgan fingerprint density at radius 1 is 0.708 bits per heavy atom. The third kappa shape index (κ3) is 10.9. The Labute approximate surface area is 144 Å². The lowest BCUT2D eigenvalue weighted by atomic mass is 10.1. The number of nitrogens with one attached hydrogen (secondary N) is 1. The quantitative estimate of drug-likeness (QED) is 0.479. The molecule has 1 N–H and O–H groups in total. The van der Waals surface area contributed by atoms with Crippen molar-refractivity contribution in [3.05, 3.63) is 0 Å². The Morgan fingerprint density at radius 3 is 1.33 bits per heavy atom. The van der Waals surface area contributed by atoms with Gasteiger partial charge in [-0.05, 0) is 62.3 Å². The van der Waals surface area contributed by atoms with Crippen LogP contribution in [0, 0.1) is 5.92 Å². The third-order valence-corrected chi connectivity index (χ3v) is 2.23. The summed E-state index contributed by atoms with van der Waals surface area (Å²) >= 11 is 0. The first-order chi connectivity index (χ1) is 10.5. The van der Waals surface area contributed by atoms with Crippen LogP contribution in [0.15, 0.2) is 0 Å². The predicted octanol–water partition coefficient (Wildman–Crippen LogP) is 2.81. The zero-order valence-corrected chi connectivity index (χ0v) is 16.2. The van der Waals surface area contributed by atoms with E-state index in [-0.39, 0.29) is 6.54 Å². The molecule has 0 unspecified atom stereocenters. The highest BCUT2D eigenvalue weighted by molar-refractivity contribution is 5.95. The van der Waals surface area contributed by atoms with E-state index < -0.39 is 40.8 Å². The van der Waals surface area contributed by atoms with Gasteiger partial charge in [0.05, 0.1) is 0 Å². The van der Waals surface area contributed by atoms with Gasteiger partial charge in [-0.15, -0.1) is 0 Å². The molecule has 0 saturated carbocycles. The highest BCUT2D eigenvalue weighted by Gasteiger charge is 2.35.